The monoisotopic (exact) mass is 611 g/mol. The molecule has 1 aliphatic rings. The maximum Gasteiger partial charge on any atom is 0.330 e. The van der Waals surface area contributed by atoms with Gasteiger partial charge in [0.05, 0.1) is 6.61 Å². The van der Waals surface area contributed by atoms with Crippen LogP contribution in [0.2, 0.25) is 0 Å². The maximum atomic E-state index is 14.1. The summed E-state index contributed by atoms with van der Waals surface area (Å²) in [5.74, 6) is -4.58. The molecule has 0 bridgehead atoms. The number of amides is 3. The van der Waals surface area contributed by atoms with E-state index < -0.39 is 53.0 Å². The Morgan fingerprint density at radius 3 is 2.66 bits per heavy atom. The number of aromatic nitrogens is 2. The Morgan fingerprint density at radius 2 is 2.00 bits per heavy atom. The van der Waals surface area contributed by atoms with Crippen molar-refractivity contribution in [1.82, 2.24) is 20.4 Å². The molecule has 2 aromatic heterocycles. The maximum absolute atomic E-state index is 14.1. The summed E-state index contributed by atoms with van der Waals surface area (Å²) >= 11 is 0. The number of aryl methyl sites for hydroxylation is 1. The summed E-state index contributed by atoms with van der Waals surface area (Å²) in [7, 11) is 0. The third-order valence-corrected chi connectivity index (χ3v) is 6.91. The number of halogens is 2. The van der Waals surface area contributed by atoms with Crippen LogP contribution in [0.1, 0.15) is 47.6 Å². The summed E-state index contributed by atoms with van der Waals surface area (Å²) in [6, 6.07) is 5.09. The second-order valence-electron chi connectivity index (χ2n) is 10.1. The lowest BCUT2D eigenvalue weighted by molar-refractivity contribution is -0.137. The summed E-state index contributed by atoms with van der Waals surface area (Å²) in [5, 5.41) is 11.6. The molecule has 0 saturated carbocycles. The van der Waals surface area contributed by atoms with E-state index in [1.54, 1.807) is 13.8 Å². The molecule has 232 valence electrons. The van der Waals surface area contributed by atoms with E-state index in [4.69, 9.17) is 9.26 Å². The number of nitrogens with zero attached hydrogens (tertiary/aromatic N) is 2. The fourth-order valence-corrected chi connectivity index (χ4v) is 4.74. The lowest BCUT2D eigenvalue weighted by Gasteiger charge is -2.24. The second-order valence-corrected chi connectivity index (χ2v) is 10.1. The normalized spacial score (nSPS) is 15.9. The molecule has 4 rings (SSSR count). The van der Waals surface area contributed by atoms with Gasteiger partial charge >= 0.3 is 5.97 Å². The Balaban J connectivity index is 1.67. The molecule has 3 amide bonds. The van der Waals surface area contributed by atoms with Crippen LogP contribution in [-0.2, 0) is 25.5 Å². The van der Waals surface area contributed by atoms with Crippen molar-refractivity contribution in [2.75, 3.05) is 18.5 Å². The summed E-state index contributed by atoms with van der Waals surface area (Å²) < 4.78 is 38.6. The van der Waals surface area contributed by atoms with E-state index >= 15 is 0 Å². The molecule has 1 saturated heterocycles. The van der Waals surface area contributed by atoms with E-state index in [-0.39, 0.29) is 42.3 Å². The van der Waals surface area contributed by atoms with E-state index in [1.165, 1.54) is 36.5 Å². The molecule has 12 nitrogen and oxygen atoms in total. The molecule has 1 fully saturated rings. The van der Waals surface area contributed by atoms with Gasteiger partial charge in [-0.05, 0) is 56.5 Å². The zero-order valence-electron chi connectivity index (χ0n) is 24.0. The predicted octanol–water partition coefficient (Wildman–Crippen LogP) is 2.59. The molecule has 3 heterocycles. The number of hydrogen-bond donors (Lipinski definition) is 3. The number of pyridine rings is 1. The van der Waals surface area contributed by atoms with Crippen LogP contribution >= 0.6 is 0 Å². The van der Waals surface area contributed by atoms with Crippen molar-refractivity contribution in [3.05, 3.63) is 93.8 Å². The molecule has 1 aliphatic heterocycles. The van der Waals surface area contributed by atoms with Crippen molar-refractivity contribution in [1.29, 1.82) is 0 Å². The summed E-state index contributed by atoms with van der Waals surface area (Å²) in [6.07, 6.45) is 4.27. The molecule has 0 spiro atoms. The van der Waals surface area contributed by atoms with E-state index in [0.717, 1.165) is 22.8 Å². The molecule has 0 radical (unpaired) electrons. The number of anilines is 1. The van der Waals surface area contributed by atoms with Crippen molar-refractivity contribution in [3.63, 3.8) is 0 Å². The number of carbonyl (C=O) groups is 4. The minimum Gasteiger partial charge on any atom is -0.463 e. The number of hydrogen-bond acceptors (Lipinski definition) is 8. The van der Waals surface area contributed by atoms with Gasteiger partial charge in [-0.15, -0.1) is 0 Å². The van der Waals surface area contributed by atoms with Gasteiger partial charge in [0.15, 0.2) is 17.3 Å². The summed E-state index contributed by atoms with van der Waals surface area (Å²) in [4.78, 5) is 64.3. The summed E-state index contributed by atoms with van der Waals surface area (Å²) in [6.45, 7) is 3.83. The van der Waals surface area contributed by atoms with E-state index in [2.05, 4.69) is 21.1 Å². The molecule has 1 aromatic carbocycles. The zero-order valence-corrected chi connectivity index (χ0v) is 24.0. The number of rotatable bonds is 12. The molecule has 44 heavy (non-hydrogen) atoms. The Hall–Kier alpha value is -5.14. The topological polar surface area (TPSA) is 162 Å². The lowest BCUT2D eigenvalue weighted by atomic mass is 9.97. The van der Waals surface area contributed by atoms with Crippen LogP contribution in [0, 0.1) is 24.5 Å². The molecule has 0 aliphatic carbocycles. The van der Waals surface area contributed by atoms with Gasteiger partial charge in [-0.25, -0.2) is 13.6 Å². The first kappa shape index (κ1) is 31.8. The first-order valence-electron chi connectivity index (χ1n) is 13.9. The number of carbonyl (C=O) groups excluding carboxylic acids is 4. The Labute approximate surface area is 250 Å². The van der Waals surface area contributed by atoms with Crippen molar-refractivity contribution in [2.24, 2.45) is 5.92 Å². The van der Waals surface area contributed by atoms with Crippen molar-refractivity contribution < 1.29 is 37.2 Å². The average molecular weight is 612 g/mol. The molecule has 3 aromatic rings. The highest BCUT2D eigenvalue weighted by Gasteiger charge is 2.30. The van der Waals surface area contributed by atoms with Crippen molar-refractivity contribution in [2.45, 2.75) is 45.2 Å². The van der Waals surface area contributed by atoms with Gasteiger partial charge in [-0.2, -0.15) is 0 Å². The van der Waals surface area contributed by atoms with Crippen molar-refractivity contribution in [3.8, 4) is 0 Å². The van der Waals surface area contributed by atoms with Gasteiger partial charge in [-0.3, -0.25) is 19.2 Å². The molecular formula is C30H31F2N5O7. The largest absolute Gasteiger partial charge is 0.463 e. The number of nitrogens with one attached hydrogen (secondary N) is 3. The predicted molar refractivity (Wildman–Crippen MR) is 152 cm³/mol. The minimum absolute atomic E-state index is 0.0689. The fourth-order valence-electron chi connectivity index (χ4n) is 4.74. The first-order valence-corrected chi connectivity index (χ1v) is 13.9. The Kier molecular flexibility index (Phi) is 10.4. The molecule has 0 unspecified atom stereocenters. The molecule has 3 N–H and O–H groups in total. The van der Waals surface area contributed by atoms with Gasteiger partial charge in [-0.1, -0.05) is 17.3 Å². The number of benzene rings is 1. The Bertz CT molecular complexity index is 1630. The van der Waals surface area contributed by atoms with Crippen LogP contribution in [0.4, 0.5) is 14.5 Å². The Morgan fingerprint density at radius 1 is 1.20 bits per heavy atom. The van der Waals surface area contributed by atoms with Gasteiger partial charge in [0.1, 0.15) is 17.5 Å². The highest BCUT2D eigenvalue weighted by Crippen LogP contribution is 2.21. The molecular weight excluding hydrogens is 580 g/mol. The lowest BCUT2D eigenvalue weighted by Crippen LogP contribution is -2.43. The van der Waals surface area contributed by atoms with Gasteiger partial charge < -0.3 is 29.8 Å². The first-order chi connectivity index (χ1) is 21.0. The highest BCUT2D eigenvalue weighted by molar-refractivity contribution is 6.02. The molecule has 14 heteroatoms. The minimum atomic E-state index is -1.32. The van der Waals surface area contributed by atoms with Gasteiger partial charge in [0, 0.05) is 43.3 Å². The van der Waals surface area contributed by atoms with Gasteiger partial charge in [0.2, 0.25) is 11.8 Å². The fraction of sp³-hybridized carbons (Fsp3) is 0.333. The van der Waals surface area contributed by atoms with E-state index in [9.17, 15) is 32.8 Å². The van der Waals surface area contributed by atoms with Crippen LogP contribution in [0.5, 0.6) is 0 Å². The van der Waals surface area contributed by atoms with E-state index in [1.807, 2.05) is 0 Å². The number of ether oxygens (including phenoxy) is 1. The second kappa shape index (κ2) is 14.4. The van der Waals surface area contributed by atoms with E-state index in [0.29, 0.717) is 18.7 Å². The zero-order chi connectivity index (χ0) is 31.8. The smallest absolute Gasteiger partial charge is 0.330 e. The standard InChI is InChI=1S/C30H31F2N5O7/c1-3-43-26(38)9-7-20(16-19-10-11-33-27(19)39)34-29(41)25(15-18-6-8-21(31)22(32)14-18)37-12-4-5-23(30(37)42)35-28(40)24-13-17(2)44-36-24/h4-9,12-14,19-20,25H,3,10-11,15-16H2,1-2H3,(H,33,39)(H,34,41)(H,35,40)/b9-7+/t19-,20+,25-/m0/s1. The van der Waals surface area contributed by atoms with Crippen molar-refractivity contribution >= 4 is 29.4 Å². The van der Waals surface area contributed by atoms with Gasteiger partial charge in [0.25, 0.3) is 11.5 Å². The van der Waals surface area contributed by atoms with Crippen LogP contribution in [0.3, 0.4) is 0 Å². The average Bonchev–Trinajstić information content (AvgIpc) is 3.61. The third kappa shape index (κ3) is 8.02. The SMILES string of the molecule is CCOC(=O)/C=C/[C@H](C[C@@H]1CCNC1=O)NC(=O)[C@H](Cc1ccc(F)c(F)c1)n1cccc(NC(=O)c2cc(C)on2)c1=O. The number of esters is 1. The third-order valence-electron chi connectivity index (χ3n) is 6.91. The van der Waals surface area contributed by atoms with Crippen LogP contribution in [0.25, 0.3) is 0 Å². The summed E-state index contributed by atoms with van der Waals surface area (Å²) in [5.41, 5.74) is -0.807. The van der Waals surface area contributed by atoms with Crippen LogP contribution in [-0.4, -0.2) is 52.6 Å². The quantitative estimate of drug-likeness (QED) is 0.208. The molecule has 3 atom stereocenters. The van der Waals surface area contributed by atoms with Crippen LogP contribution in [0.15, 0.2) is 64.1 Å². The highest BCUT2D eigenvalue weighted by atomic mass is 19.2. The van der Waals surface area contributed by atoms with Crippen LogP contribution < -0.4 is 21.5 Å².